The van der Waals surface area contributed by atoms with E-state index in [1.807, 2.05) is 0 Å². The standard InChI is InChI=1S/C43H52N12O16/c44-15-24-71-25-19-48-37(60)28-14-23-51(43(66)32-7-4-9-34(57)53(32)68)21-2-1-20-50(42(65)31-6-3-8-33(56)52(31)67)22-5-16-45-35(58)26-10-12-29(54(69)40(26)63)38(61)46-17-18-47-39(62)30-13-11-27(36(59)49-28)41(64)55(30)70/h3-4,6-13,28,67-70H,1-2,5,14-25,44H2,(H,45,58)(H,46,61)(H,47,62)(H,48,60)(H,49,59). The molecule has 0 aromatic carbocycles. The number of nitrogens with zero attached hydrogens (tertiary/aromatic N) is 6. The van der Waals surface area contributed by atoms with Crippen LogP contribution in [0, 0.1) is 0 Å². The number of rotatable bonds is 8. The summed E-state index contributed by atoms with van der Waals surface area (Å²) < 4.78 is 5.37. The average molecular weight is 993 g/mol. The molecule has 71 heavy (non-hydrogen) atoms. The number of carbonyl (C=O) groups excluding carboxylic acids is 7. The molecule has 28 nitrogen and oxygen atoms in total. The monoisotopic (exact) mass is 992 g/mol. The molecule has 3 aliphatic rings. The quantitative estimate of drug-likeness (QED) is 0.0598. The fourth-order valence-corrected chi connectivity index (χ4v) is 7.04. The number of nitrogens with one attached hydrogen (secondary N) is 5. The van der Waals surface area contributed by atoms with Crippen molar-refractivity contribution in [2.75, 3.05) is 72.1 Å². The molecule has 4 aromatic heterocycles. The highest BCUT2D eigenvalue weighted by atomic mass is 16.5. The third-order valence-electron chi connectivity index (χ3n) is 10.8. The molecule has 7 amide bonds. The summed E-state index contributed by atoms with van der Waals surface area (Å²) in [5.41, 5.74) is -2.49. The van der Waals surface area contributed by atoms with Crippen LogP contribution >= 0.6 is 0 Å². The van der Waals surface area contributed by atoms with E-state index in [9.17, 15) is 73.6 Å². The van der Waals surface area contributed by atoms with Crippen molar-refractivity contribution < 1.29 is 59.1 Å². The molecule has 0 radical (unpaired) electrons. The van der Waals surface area contributed by atoms with E-state index in [1.165, 1.54) is 23.1 Å². The maximum atomic E-state index is 14.0. The lowest BCUT2D eigenvalue weighted by atomic mass is 10.1. The van der Waals surface area contributed by atoms with Crippen molar-refractivity contribution in [1.29, 1.82) is 0 Å². The lowest BCUT2D eigenvalue weighted by Crippen LogP contribution is -2.50. The Morgan fingerprint density at radius 2 is 1.06 bits per heavy atom. The average Bonchev–Trinajstić information content (AvgIpc) is 3.34. The van der Waals surface area contributed by atoms with Crippen molar-refractivity contribution in [1.82, 2.24) is 55.3 Å². The van der Waals surface area contributed by atoms with Gasteiger partial charge in [0.1, 0.15) is 39.9 Å². The Hall–Kier alpha value is -8.79. The van der Waals surface area contributed by atoms with Crippen LogP contribution in [0.15, 0.2) is 79.8 Å². The van der Waals surface area contributed by atoms with Crippen molar-refractivity contribution in [2.45, 2.75) is 31.7 Å². The van der Waals surface area contributed by atoms with Gasteiger partial charge in [-0.05, 0) is 62.1 Å². The Labute approximate surface area is 400 Å². The van der Waals surface area contributed by atoms with Crippen LogP contribution in [0.4, 0.5) is 0 Å². The van der Waals surface area contributed by atoms with E-state index in [0.29, 0.717) is 0 Å². The molecular weight excluding hydrogens is 941 g/mol. The van der Waals surface area contributed by atoms with Crippen LogP contribution in [0.25, 0.3) is 0 Å². The molecule has 0 saturated heterocycles. The number of amides is 7. The Balaban J connectivity index is 1.48. The van der Waals surface area contributed by atoms with E-state index in [0.717, 1.165) is 47.4 Å². The van der Waals surface area contributed by atoms with Gasteiger partial charge in [0.05, 0.1) is 13.2 Å². The van der Waals surface area contributed by atoms with E-state index in [2.05, 4.69) is 26.6 Å². The molecule has 0 saturated carbocycles. The highest BCUT2D eigenvalue weighted by Gasteiger charge is 2.28. The van der Waals surface area contributed by atoms with Gasteiger partial charge >= 0.3 is 0 Å². The van der Waals surface area contributed by atoms with Gasteiger partial charge in [-0.1, -0.05) is 12.1 Å². The van der Waals surface area contributed by atoms with Crippen LogP contribution in [0.1, 0.15) is 88.4 Å². The van der Waals surface area contributed by atoms with Crippen molar-refractivity contribution in [2.24, 2.45) is 5.73 Å². The van der Waals surface area contributed by atoms with Crippen molar-refractivity contribution in [3.63, 3.8) is 0 Å². The predicted octanol–water partition coefficient (Wildman–Crippen LogP) is -3.78. The number of ether oxygens (including phenoxy) is 1. The van der Waals surface area contributed by atoms with Gasteiger partial charge in [-0.3, -0.25) is 52.7 Å². The van der Waals surface area contributed by atoms with Gasteiger partial charge in [0.15, 0.2) is 0 Å². The summed E-state index contributed by atoms with van der Waals surface area (Å²) in [5.74, 6) is -6.73. The fraction of sp³-hybridized carbons (Fsp3) is 0.372. The van der Waals surface area contributed by atoms with Crippen LogP contribution < -0.4 is 54.6 Å². The Bertz CT molecular complexity index is 2890. The highest BCUT2D eigenvalue weighted by molar-refractivity contribution is 5.99. The molecule has 4 aromatic rings. The third-order valence-corrected chi connectivity index (χ3v) is 10.8. The zero-order valence-electron chi connectivity index (χ0n) is 37.9. The number of nitrogens with two attached hydrogens (primary N) is 1. The minimum atomic E-state index is -1.52. The summed E-state index contributed by atoms with van der Waals surface area (Å²) in [6, 6.07) is 9.08. The Morgan fingerprint density at radius 1 is 0.577 bits per heavy atom. The summed E-state index contributed by atoms with van der Waals surface area (Å²) in [7, 11) is 0. The molecule has 0 fully saturated rings. The maximum absolute atomic E-state index is 14.0. The second-order valence-electron chi connectivity index (χ2n) is 15.5. The number of hydrogen-bond acceptors (Lipinski definition) is 17. The minimum absolute atomic E-state index is 0.00872. The number of carbonyl (C=O) groups is 7. The Kier molecular flexibility index (Phi) is 18.7. The molecule has 0 aliphatic carbocycles. The molecule has 4 bridgehead atoms. The van der Waals surface area contributed by atoms with Crippen molar-refractivity contribution in [3.8, 4) is 0 Å². The number of fused-ring (bicyclic) bond motifs is 2. The van der Waals surface area contributed by atoms with E-state index in [1.54, 1.807) is 0 Å². The third kappa shape index (κ3) is 13.5. The number of aromatic nitrogens is 4. The molecule has 1 atom stereocenters. The molecule has 0 spiro atoms. The first-order chi connectivity index (χ1) is 34.0. The lowest BCUT2D eigenvalue weighted by Gasteiger charge is -2.27. The first-order valence-electron chi connectivity index (χ1n) is 22.0. The topological polar surface area (TPSA) is 390 Å². The van der Waals surface area contributed by atoms with Gasteiger partial charge in [0.25, 0.3) is 57.7 Å². The van der Waals surface area contributed by atoms with Crippen molar-refractivity contribution >= 4 is 41.4 Å². The smallest absolute Gasteiger partial charge is 0.296 e. The molecule has 1 unspecified atom stereocenters. The lowest BCUT2D eigenvalue weighted by molar-refractivity contribution is -0.123. The highest BCUT2D eigenvalue weighted by Crippen LogP contribution is 2.11. The molecule has 380 valence electrons. The van der Waals surface area contributed by atoms with Crippen LogP contribution in [0.3, 0.4) is 0 Å². The number of hydrogen-bond donors (Lipinski definition) is 10. The normalized spacial score (nSPS) is 16.0. The predicted molar refractivity (Wildman–Crippen MR) is 243 cm³/mol. The van der Waals surface area contributed by atoms with Gasteiger partial charge in [-0.2, -0.15) is 0 Å². The summed E-state index contributed by atoms with van der Waals surface area (Å²) >= 11 is 0. The molecular formula is C43H52N12O16. The van der Waals surface area contributed by atoms with Crippen LogP contribution in [0.2, 0.25) is 0 Å². The van der Waals surface area contributed by atoms with Gasteiger partial charge in [-0.25, -0.2) is 0 Å². The minimum Gasteiger partial charge on any atom is -0.425 e. The molecule has 7 rings (SSSR count). The first kappa shape index (κ1) is 53.2. The molecule has 28 heteroatoms. The molecule has 7 heterocycles. The van der Waals surface area contributed by atoms with E-state index in [-0.39, 0.29) is 117 Å². The van der Waals surface area contributed by atoms with Gasteiger partial charge in [0.2, 0.25) is 5.91 Å². The van der Waals surface area contributed by atoms with E-state index in [4.69, 9.17) is 10.5 Å². The maximum Gasteiger partial charge on any atom is 0.296 e. The second-order valence-corrected chi connectivity index (χ2v) is 15.5. The van der Waals surface area contributed by atoms with Crippen molar-refractivity contribution in [3.05, 3.63) is 136 Å². The van der Waals surface area contributed by atoms with Gasteiger partial charge in [0, 0.05) is 71.0 Å². The SMILES string of the molecule is NCCOCCNC(=O)C1CCN(C(=O)c2cccc(=O)n2O)CCCCN(C(=O)c2cccc(=O)n2O)CCCNC(=O)c2ccc(n(O)c2=O)C(=O)NCCNC(=O)c2ccc(c(=O)n2O)C(=O)N1. The Morgan fingerprint density at radius 3 is 1.58 bits per heavy atom. The first-order valence-corrected chi connectivity index (χ1v) is 22.0. The van der Waals surface area contributed by atoms with Crippen LogP contribution in [0.5, 0.6) is 0 Å². The van der Waals surface area contributed by atoms with Crippen LogP contribution in [-0.2, 0) is 9.53 Å². The summed E-state index contributed by atoms with van der Waals surface area (Å²) in [6.45, 7) is -1.27. The van der Waals surface area contributed by atoms with Gasteiger partial charge < -0.3 is 67.7 Å². The molecule has 3 aliphatic heterocycles. The fourth-order valence-electron chi connectivity index (χ4n) is 7.04. The second kappa shape index (κ2) is 25.0. The van der Waals surface area contributed by atoms with E-state index < -0.39 is 104 Å². The summed E-state index contributed by atoms with van der Waals surface area (Å²) in [4.78, 5) is 147. The number of pyridine rings is 4. The molecule has 11 N–H and O–H groups in total. The zero-order valence-corrected chi connectivity index (χ0v) is 37.9. The van der Waals surface area contributed by atoms with Crippen LogP contribution in [-0.4, -0.2) is 169 Å². The summed E-state index contributed by atoms with van der Waals surface area (Å²) in [6.07, 6.45) is -0.156. The largest absolute Gasteiger partial charge is 0.425 e. The zero-order chi connectivity index (χ0) is 51.8. The van der Waals surface area contributed by atoms with E-state index >= 15 is 0 Å². The summed E-state index contributed by atoms with van der Waals surface area (Å²) in [5, 5.41) is 54.2. The van der Waals surface area contributed by atoms with Gasteiger partial charge in [-0.15, -0.1) is 18.9 Å².